The van der Waals surface area contributed by atoms with Crippen LogP contribution in [0.3, 0.4) is 0 Å². The fourth-order valence-electron chi connectivity index (χ4n) is 4.30. The molecule has 154 valence electrons. The minimum atomic E-state index is -0.126. The summed E-state index contributed by atoms with van der Waals surface area (Å²) < 4.78 is 0. The van der Waals surface area contributed by atoms with Crippen molar-refractivity contribution in [3.8, 4) is 0 Å². The summed E-state index contributed by atoms with van der Waals surface area (Å²) in [6.45, 7) is 10.7. The summed E-state index contributed by atoms with van der Waals surface area (Å²) in [5, 5.41) is 12.1. The average molecular weight is 412 g/mol. The van der Waals surface area contributed by atoms with Crippen molar-refractivity contribution >= 4 is 33.8 Å². The molecule has 4 rings (SSSR count). The van der Waals surface area contributed by atoms with E-state index in [4.69, 9.17) is 0 Å². The summed E-state index contributed by atoms with van der Waals surface area (Å²) in [7, 11) is 0. The number of hydrogen-bond acceptors (Lipinski definition) is 6. The highest BCUT2D eigenvalue weighted by atomic mass is 32.1. The average Bonchev–Trinajstić information content (AvgIpc) is 3.30. The second-order valence-corrected chi connectivity index (χ2v) is 9.35. The predicted octanol–water partition coefficient (Wildman–Crippen LogP) is 4.46. The van der Waals surface area contributed by atoms with Gasteiger partial charge in [-0.3, -0.25) is 20.0 Å². The van der Waals surface area contributed by atoms with Crippen molar-refractivity contribution in [1.82, 2.24) is 9.88 Å². The lowest BCUT2D eigenvalue weighted by Gasteiger charge is -2.34. The van der Waals surface area contributed by atoms with E-state index in [0.29, 0.717) is 10.7 Å². The number of nitrogens with one attached hydrogen (secondary N) is 1. The lowest BCUT2D eigenvalue weighted by molar-refractivity contribution is 0.102. The lowest BCUT2D eigenvalue weighted by Crippen LogP contribution is -2.38. The van der Waals surface area contributed by atoms with Crippen LogP contribution in [0.1, 0.15) is 49.7 Å². The molecule has 2 atom stereocenters. The maximum atomic E-state index is 12.6. The highest BCUT2D eigenvalue weighted by molar-refractivity contribution is 7.14. The molecule has 2 unspecified atom stereocenters. The normalized spacial score (nSPS) is 22.6. The number of hydrazone groups is 1. The molecule has 0 bridgehead atoms. The molecule has 1 N–H and O–H groups in total. The molecule has 1 saturated heterocycles. The Morgan fingerprint density at radius 1 is 1.21 bits per heavy atom. The molecule has 1 aromatic carbocycles. The first kappa shape index (κ1) is 20.0. The molecule has 2 aromatic rings. The number of carbonyl (C=O) groups is 1. The molecule has 1 amide bonds. The van der Waals surface area contributed by atoms with Crippen LogP contribution in [0, 0.1) is 11.8 Å². The number of aromatic nitrogens is 1. The number of anilines is 2. The zero-order valence-corrected chi connectivity index (χ0v) is 18.2. The van der Waals surface area contributed by atoms with Gasteiger partial charge in [0.15, 0.2) is 5.13 Å². The van der Waals surface area contributed by atoms with Crippen LogP contribution < -0.4 is 10.3 Å². The van der Waals surface area contributed by atoms with E-state index in [2.05, 4.69) is 39.5 Å². The highest BCUT2D eigenvalue weighted by Gasteiger charge is 2.22. The SMILES string of the molecule is CC1=NN(c2ccc(C(=O)Nc3nc(CN4CC(C)CC(C)C4)cs3)cc2)CC1. The summed E-state index contributed by atoms with van der Waals surface area (Å²) in [5.74, 6) is 1.34. The maximum Gasteiger partial charge on any atom is 0.257 e. The zero-order chi connectivity index (χ0) is 20.4. The molecule has 7 heteroatoms. The van der Waals surface area contributed by atoms with Crippen molar-refractivity contribution in [1.29, 1.82) is 0 Å². The Bertz CT molecular complexity index is 881. The Kier molecular flexibility index (Phi) is 5.96. The zero-order valence-electron chi connectivity index (χ0n) is 17.4. The van der Waals surface area contributed by atoms with Gasteiger partial charge in [-0.15, -0.1) is 11.3 Å². The third kappa shape index (κ3) is 5.03. The van der Waals surface area contributed by atoms with Gasteiger partial charge in [0.1, 0.15) is 0 Å². The van der Waals surface area contributed by atoms with Crippen LogP contribution >= 0.6 is 11.3 Å². The van der Waals surface area contributed by atoms with Crippen molar-refractivity contribution in [2.24, 2.45) is 16.9 Å². The van der Waals surface area contributed by atoms with Crippen molar-refractivity contribution < 1.29 is 4.79 Å². The van der Waals surface area contributed by atoms with E-state index >= 15 is 0 Å². The summed E-state index contributed by atoms with van der Waals surface area (Å²) >= 11 is 1.49. The number of likely N-dealkylation sites (tertiary alicyclic amines) is 1. The molecule has 29 heavy (non-hydrogen) atoms. The second kappa shape index (κ2) is 8.63. The number of benzene rings is 1. The summed E-state index contributed by atoms with van der Waals surface area (Å²) in [6, 6.07) is 7.59. The fraction of sp³-hybridized carbons (Fsp3) is 0.500. The number of rotatable bonds is 5. The van der Waals surface area contributed by atoms with Crippen LogP contribution in [0.4, 0.5) is 10.8 Å². The van der Waals surface area contributed by atoms with E-state index in [-0.39, 0.29) is 5.91 Å². The molecule has 0 saturated carbocycles. The van der Waals surface area contributed by atoms with Gasteiger partial charge >= 0.3 is 0 Å². The summed E-state index contributed by atoms with van der Waals surface area (Å²) in [4.78, 5) is 19.7. The Balaban J connectivity index is 1.34. The van der Waals surface area contributed by atoms with Crippen molar-refractivity contribution in [3.05, 3.63) is 40.9 Å². The number of hydrogen-bond donors (Lipinski definition) is 1. The fourth-order valence-corrected chi connectivity index (χ4v) is 5.00. The second-order valence-electron chi connectivity index (χ2n) is 8.49. The molecule has 3 heterocycles. The van der Waals surface area contributed by atoms with E-state index < -0.39 is 0 Å². The van der Waals surface area contributed by atoms with Gasteiger partial charge in [-0.25, -0.2) is 4.98 Å². The standard InChI is InChI=1S/C22H29N5OS/c1-15-10-16(2)12-26(11-15)13-19-14-29-22(23-19)24-21(28)18-4-6-20(7-5-18)27-9-8-17(3)25-27/h4-7,14-16H,8-13H2,1-3H3,(H,23,24,28). The Morgan fingerprint density at radius 3 is 2.59 bits per heavy atom. The minimum absolute atomic E-state index is 0.126. The van der Waals surface area contributed by atoms with Crippen molar-refractivity contribution in [2.45, 2.75) is 40.2 Å². The largest absolute Gasteiger partial charge is 0.298 e. The van der Waals surface area contributed by atoms with Crippen molar-refractivity contribution in [2.75, 3.05) is 30.0 Å². The molecule has 1 aromatic heterocycles. The number of carbonyl (C=O) groups excluding carboxylic acids is 1. The summed E-state index contributed by atoms with van der Waals surface area (Å²) in [6.07, 6.45) is 2.29. The van der Waals surface area contributed by atoms with Gasteiger partial charge in [0.25, 0.3) is 5.91 Å². The summed E-state index contributed by atoms with van der Waals surface area (Å²) in [5.41, 5.74) is 3.81. The van der Waals surface area contributed by atoms with E-state index in [1.807, 2.05) is 36.2 Å². The molecule has 0 spiro atoms. The highest BCUT2D eigenvalue weighted by Crippen LogP contribution is 2.25. The van der Waals surface area contributed by atoms with Gasteiger partial charge < -0.3 is 0 Å². The van der Waals surface area contributed by atoms with E-state index in [1.54, 1.807) is 0 Å². The van der Waals surface area contributed by atoms with Gasteiger partial charge in [0, 0.05) is 49.3 Å². The monoisotopic (exact) mass is 411 g/mol. The molecule has 6 nitrogen and oxygen atoms in total. The molecule has 0 aliphatic carbocycles. The quantitative estimate of drug-likeness (QED) is 0.789. The van der Waals surface area contributed by atoms with Crippen LogP contribution in [-0.4, -0.2) is 41.1 Å². The van der Waals surface area contributed by atoms with Crippen LogP contribution in [0.15, 0.2) is 34.7 Å². The third-order valence-corrected chi connectivity index (χ3v) is 6.31. The Labute approximate surface area is 176 Å². The minimum Gasteiger partial charge on any atom is -0.298 e. The third-order valence-electron chi connectivity index (χ3n) is 5.51. The molecule has 2 aliphatic rings. The molecule has 1 fully saturated rings. The number of amides is 1. The molecular formula is C22H29N5OS. The molecule has 2 aliphatic heterocycles. The Morgan fingerprint density at radius 2 is 1.93 bits per heavy atom. The van der Waals surface area contributed by atoms with Crippen molar-refractivity contribution in [3.63, 3.8) is 0 Å². The van der Waals surface area contributed by atoms with E-state index in [9.17, 15) is 4.79 Å². The van der Waals surface area contributed by atoms with E-state index in [1.165, 1.54) is 17.8 Å². The van der Waals surface area contributed by atoms with Gasteiger partial charge in [0.2, 0.25) is 0 Å². The topological polar surface area (TPSA) is 60.8 Å². The number of thiazole rings is 1. The van der Waals surface area contributed by atoms with Crippen LogP contribution in [0.5, 0.6) is 0 Å². The van der Waals surface area contributed by atoms with Crippen LogP contribution in [0.25, 0.3) is 0 Å². The van der Waals surface area contributed by atoms with Crippen LogP contribution in [-0.2, 0) is 6.54 Å². The smallest absolute Gasteiger partial charge is 0.257 e. The maximum absolute atomic E-state index is 12.6. The van der Waals surface area contributed by atoms with Gasteiger partial charge in [-0.1, -0.05) is 13.8 Å². The van der Waals surface area contributed by atoms with E-state index in [0.717, 1.165) is 61.5 Å². The first-order valence-electron chi connectivity index (χ1n) is 10.4. The Hall–Kier alpha value is -2.25. The van der Waals surface area contributed by atoms with Crippen LogP contribution in [0.2, 0.25) is 0 Å². The number of nitrogens with zero attached hydrogens (tertiary/aromatic N) is 4. The predicted molar refractivity (Wildman–Crippen MR) is 120 cm³/mol. The van der Waals surface area contributed by atoms with Gasteiger partial charge in [0.05, 0.1) is 11.4 Å². The first-order chi connectivity index (χ1) is 14.0. The number of piperidine rings is 1. The molecule has 0 radical (unpaired) electrons. The van der Waals surface area contributed by atoms with Gasteiger partial charge in [-0.2, -0.15) is 5.10 Å². The molecular weight excluding hydrogens is 382 g/mol. The lowest BCUT2D eigenvalue weighted by atomic mass is 9.92. The van der Waals surface area contributed by atoms with Gasteiger partial charge in [-0.05, 0) is 49.4 Å². The first-order valence-corrected chi connectivity index (χ1v) is 11.2.